The average molecular weight is 188 g/mol. The Hall–Kier alpha value is -0.310. The van der Waals surface area contributed by atoms with Crippen LogP contribution in [0.3, 0.4) is 0 Å². The summed E-state index contributed by atoms with van der Waals surface area (Å²) in [6.07, 6.45) is 5.99. The van der Waals surface area contributed by atoms with Crippen molar-refractivity contribution in [3.63, 3.8) is 0 Å². The van der Waals surface area contributed by atoms with Crippen LogP contribution in [-0.4, -0.2) is 21.8 Å². The molecule has 1 fully saturated rings. The molecule has 0 aromatic carbocycles. The van der Waals surface area contributed by atoms with Gasteiger partial charge in [0.2, 0.25) is 0 Å². The Morgan fingerprint density at radius 1 is 1.50 bits per heavy atom. The van der Waals surface area contributed by atoms with Crippen molar-refractivity contribution in [1.82, 2.24) is 0 Å². The molecule has 0 aromatic heterocycles. The third-order valence-electron chi connectivity index (χ3n) is 2.14. The van der Waals surface area contributed by atoms with E-state index in [-0.39, 0.29) is 5.25 Å². The van der Waals surface area contributed by atoms with E-state index in [1.165, 1.54) is 19.1 Å². The van der Waals surface area contributed by atoms with Crippen LogP contribution in [0.5, 0.6) is 0 Å². The van der Waals surface area contributed by atoms with E-state index in [4.69, 9.17) is 4.74 Å². The van der Waals surface area contributed by atoms with Crippen molar-refractivity contribution in [1.29, 1.82) is 0 Å². The van der Waals surface area contributed by atoms with Crippen LogP contribution in [-0.2, 0) is 15.5 Å². The fourth-order valence-corrected chi connectivity index (χ4v) is 2.91. The zero-order chi connectivity index (χ0) is 8.81. The molecule has 0 radical (unpaired) electrons. The van der Waals surface area contributed by atoms with Crippen molar-refractivity contribution in [2.75, 3.05) is 12.4 Å². The Morgan fingerprint density at radius 3 is 3.08 bits per heavy atom. The van der Waals surface area contributed by atoms with Crippen molar-refractivity contribution in [2.24, 2.45) is 0 Å². The molecule has 1 heterocycles. The first-order valence-corrected chi connectivity index (χ1v) is 5.82. The third-order valence-corrected chi connectivity index (χ3v) is 3.95. The van der Waals surface area contributed by atoms with Gasteiger partial charge in [0.15, 0.2) is 0 Å². The normalized spacial score (nSPS) is 30.7. The molecule has 0 N–H and O–H groups in total. The highest BCUT2D eigenvalue weighted by Gasteiger charge is 2.19. The molecule has 1 saturated heterocycles. The summed E-state index contributed by atoms with van der Waals surface area (Å²) in [6.45, 7) is 4.05. The molecule has 0 aromatic rings. The van der Waals surface area contributed by atoms with Gasteiger partial charge in [0, 0.05) is 16.6 Å². The Labute approximate surface area is 76.5 Å². The topological polar surface area (TPSA) is 26.3 Å². The van der Waals surface area contributed by atoms with E-state index in [1.807, 2.05) is 0 Å². The standard InChI is InChI=1S/C9H16O2S/c1-2-11-8-9-6-4-3-5-7-12(9)10/h2,9H,1,3-8H2. The maximum atomic E-state index is 11.5. The molecule has 3 heteroatoms. The Kier molecular flexibility index (Phi) is 4.36. The second kappa shape index (κ2) is 5.36. The fourth-order valence-electron chi connectivity index (χ4n) is 1.43. The van der Waals surface area contributed by atoms with E-state index in [0.29, 0.717) is 6.61 Å². The highest BCUT2D eigenvalue weighted by atomic mass is 32.2. The van der Waals surface area contributed by atoms with Crippen LogP contribution in [0.25, 0.3) is 0 Å². The lowest BCUT2D eigenvalue weighted by Crippen LogP contribution is -2.20. The maximum Gasteiger partial charge on any atom is 0.102 e. The van der Waals surface area contributed by atoms with Crippen LogP contribution >= 0.6 is 0 Å². The molecule has 0 aliphatic carbocycles. The monoisotopic (exact) mass is 188 g/mol. The van der Waals surface area contributed by atoms with Gasteiger partial charge < -0.3 is 4.74 Å². The number of ether oxygens (including phenoxy) is 1. The van der Waals surface area contributed by atoms with Crippen LogP contribution in [0.4, 0.5) is 0 Å². The second-order valence-corrected chi connectivity index (χ2v) is 4.89. The highest BCUT2D eigenvalue weighted by Crippen LogP contribution is 2.16. The van der Waals surface area contributed by atoms with Gasteiger partial charge in [-0.15, -0.1) is 0 Å². The van der Waals surface area contributed by atoms with Crippen molar-refractivity contribution in [3.05, 3.63) is 12.8 Å². The van der Waals surface area contributed by atoms with Crippen molar-refractivity contribution in [3.8, 4) is 0 Å². The zero-order valence-electron chi connectivity index (χ0n) is 7.33. The highest BCUT2D eigenvalue weighted by molar-refractivity contribution is 7.85. The Morgan fingerprint density at radius 2 is 2.33 bits per heavy atom. The molecule has 70 valence electrons. The summed E-state index contributed by atoms with van der Waals surface area (Å²) in [7, 11) is -0.670. The molecular weight excluding hydrogens is 172 g/mol. The van der Waals surface area contributed by atoms with E-state index in [0.717, 1.165) is 18.6 Å². The van der Waals surface area contributed by atoms with Gasteiger partial charge >= 0.3 is 0 Å². The SMILES string of the molecule is C=COCC1CCCCCS1=O. The van der Waals surface area contributed by atoms with Crippen LogP contribution in [0, 0.1) is 0 Å². The number of hydrogen-bond acceptors (Lipinski definition) is 2. The molecule has 2 atom stereocenters. The predicted octanol–water partition coefficient (Wildman–Crippen LogP) is 1.84. The summed E-state index contributed by atoms with van der Waals surface area (Å²) in [5.41, 5.74) is 0. The molecule has 0 saturated carbocycles. The molecule has 1 aliphatic heterocycles. The summed E-state index contributed by atoms with van der Waals surface area (Å²) >= 11 is 0. The lowest BCUT2D eigenvalue weighted by molar-refractivity contribution is 0.246. The summed E-state index contributed by atoms with van der Waals surface area (Å²) in [5, 5.41) is 0.241. The summed E-state index contributed by atoms with van der Waals surface area (Å²) < 4.78 is 16.6. The lowest BCUT2D eigenvalue weighted by atomic mass is 10.2. The Balaban J connectivity index is 2.36. The maximum absolute atomic E-state index is 11.5. The Bertz CT molecular complexity index is 168. The molecule has 0 bridgehead atoms. The van der Waals surface area contributed by atoms with Gasteiger partial charge in [-0.3, -0.25) is 4.21 Å². The van der Waals surface area contributed by atoms with Gasteiger partial charge in [0.25, 0.3) is 0 Å². The quantitative estimate of drug-likeness (QED) is 0.632. The minimum Gasteiger partial charge on any atom is -0.501 e. The fraction of sp³-hybridized carbons (Fsp3) is 0.778. The largest absolute Gasteiger partial charge is 0.501 e. The first-order valence-electron chi connectivity index (χ1n) is 4.44. The van der Waals surface area contributed by atoms with Gasteiger partial charge in [-0.25, -0.2) is 0 Å². The van der Waals surface area contributed by atoms with Gasteiger partial charge in [0.05, 0.1) is 11.5 Å². The van der Waals surface area contributed by atoms with Crippen LogP contribution in [0.15, 0.2) is 12.8 Å². The van der Waals surface area contributed by atoms with Gasteiger partial charge in [0.1, 0.15) is 6.61 Å². The molecule has 12 heavy (non-hydrogen) atoms. The average Bonchev–Trinajstić information content (AvgIpc) is 2.27. The third kappa shape index (κ3) is 2.97. The van der Waals surface area contributed by atoms with Crippen molar-refractivity contribution < 1.29 is 8.95 Å². The number of rotatable bonds is 3. The summed E-state index contributed by atoms with van der Waals surface area (Å²) in [4.78, 5) is 0. The zero-order valence-corrected chi connectivity index (χ0v) is 8.15. The van der Waals surface area contributed by atoms with Gasteiger partial charge in [-0.2, -0.15) is 0 Å². The number of hydrogen-bond donors (Lipinski definition) is 0. The van der Waals surface area contributed by atoms with E-state index in [9.17, 15) is 4.21 Å². The van der Waals surface area contributed by atoms with Crippen molar-refractivity contribution >= 4 is 10.8 Å². The molecule has 0 spiro atoms. The van der Waals surface area contributed by atoms with E-state index >= 15 is 0 Å². The molecule has 1 rings (SSSR count). The second-order valence-electron chi connectivity index (χ2n) is 3.06. The van der Waals surface area contributed by atoms with Crippen LogP contribution in [0.1, 0.15) is 25.7 Å². The summed E-state index contributed by atoms with van der Waals surface area (Å²) in [6, 6.07) is 0. The minimum atomic E-state index is -0.670. The minimum absolute atomic E-state index is 0.241. The van der Waals surface area contributed by atoms with Crippen LogP contribution in [0.2, 0.25) is 0 Å². The smallest absolute Gasteiger partial charge is 0.102 e. The van der Waals surface area contributed by atoms with Crippen LogP contribution < -0.4 is 0 Å². The van der Waals surface area contributed by atoms with E-state index < -0.39 is 10.8 Å². The molecule has 1 aliphatic rings. The summed E-state index contributed by atoms with van der Waals surface area (Å²) in [5.74, 6) is 0.852. The molecule has 2 nitrogen and oxygen atoms in total. The van der Waals surface area contributed by atoms with E-state index in [2.05, 4.69) is 6.58 Å². The lowest BCUT2D eigenvalue weighted by Gasteiger charge is -2.11. The first kappa shape index (κ1) is 9.78. The molecule has 0 amide bonds. The van der Waals surface area contributed by atoms with Crippen molar-refractivity contribution in [2.45, 2.75) is 30.9 Å². The molecule has 2 unspecified atom stereocenters. The first-order chi connectivity index (χ1) is 5.84. The van der Waals surface area contributed by atoms with Gasteiger partial charge in [-0.05, 0) is 12.8 Å². The van der Waals surface area contributed by atoms with E-state index in [1.54, 1.807) is 0 Å². The van der Waals surface area contributed by atoms with Gasteiger partial charge in [-0.1, -0.05) is 19.4 Å². The predicted molar refractivity (Wildman–Crippen MR) is 51.4 cm³/mol. The molecular formula is C9H16O2S.